The van der Waals surface area contributed by atoms with Gasteiger partial charge in [-0.25, -0.2) is 0 Å². The van der Waals surface area contributed by atoms with Crippen molar-refractivity contribution in [2.45, 2.75) is 6.42 Å². The molecule has 2 rings (SSSR count). The topological polar surface area (TPSA) is 34.1 Å². The Kier molecular flexibility index (Phi) is 3.69. The Morgan fingerprint density at radius 1 is 1.06 bits per heavy atom. The maximum atomic E-state index is 11.5. The molecular formula is C14H10Cl2O2. The summed E-state index contributed by atoms with van der Waals surface area (Å²) in [6, 6.07) is 9.50. The number of hydrogen-bond acceptors (Lipinski definition) is 2. The smallest absolute Gasteiger partial charge is 0.240 e. The van der Waals surface area contributed by atoms with Crippen molar-refractivity contribution >= 4 is 39.3 Å². The molecule has 0 amide bonds. The van der Waals surface area contributed by atoms with Crippen LogP contribution in [0, 0.1) is 5.41 Å². The monoisotopic (exact) mass is 280 g/mol. The minimum Gasteiger partial charge on any atom is -0.280 e. The molecule has 1 aliphatic carbocycles. The van der Waals surface area contributed by atoms with Crippen LogP contribution in [0.1, 0.15) is 12.0 Å². The van der Waals surface area contributed by atoms with E-state index in [1.165, 1.54) is 6.08 Å². The molecule has 0 saturated carbocycles. The van der Waals surface area contributed by atoms with E-state index in [2.05, 4.69) is 0 Å². The van der Waals surface area contributed by atoms with E-state index in [0.29, 0.717) is 0 Å². The number of hydrogen-bond donors (Lipinski definition) is 0. The van der Waals surface area contributed by atoms with E-state index in [1.807, 2.05) is 36.4 Å². The largest absolute Gasteiger partial charge is 0.280 e. The fraction of sp³-hybridized carbons (Fsp3) is 0.143. The van der Waals surface area contributed by atoms with Crippen LogP contribution in [0.15, 0.2) is 48.6 Å². The highest BCUT2D eigenvalue weighted by molar-refractivity contribution is 6.75. The molecular weight excluding hydrogens is 271 g/mol. The van der Waals surface area contributed by atoms with Crippen molar-refractivity contribution in [1.82, 2.24) is 0 Å². The molecule has 0 aliphatic heterocycles. The van der Waals surface area contributed by atoms with E-state index >= 15 is 0 Å². The number of rotatable bonds is 3. The van der Waals surface area contributed by atoms with Gasteiger partial charge in [-0.2, -0.15) is 0 Å². The van der Waals surface area contributed by atoms with Gasteiger partial charge in [0.15, 0.2) is 0 Å². The fourth-order valence-corrected chi connectivity index (χ4v) is 2.42. The maximum Gasteiger partial charge on any atom is 0.240 e. The van der Waals surface area contributed by atoms with Crippen LogP contribution in [0.25, 0.3) is 5.57 Å². The Hall–Kier alpha value is -1.38. The predicted molar refractivity (Wildman–Crippen MR) is 72.3 cm³/mol. The first-order chi connectivity index (χ1) is 8.56. The van der Waals surface area contributed by atoms with E-state index in [1.54, 1.807) is 6.08 Å². The van der Waals surface area contributed by atoms with Gasteiger partial charge in [0.1, 0.15) is 5.41 Å². The average Bonchev–Trinajstić information content (AvgIpc) is 2.39. The number of benzene rings is 1. The zero-order chi connectivity index (χ0) is 13.2. The van der Waals surface area contributed by atoms with E-state index in [-0.39, 0.29) is 6.42 Å². The molecule has 0 aromatic heterocycles. The molecule has 0 spiro atoms. The molecule has 2 nitrogen and oxygen atoms in total. The lowest BCUT2D eigenvalue weighted by molar-refractivity contribution is -0.128. The van der Waals surface area contributed by atoms with Gasteiger partial charge in [-0.1, -0.05) is 48.6 Å². The van der Waals surface area contributed by atoms with Gasteiger partial charge < -0.3 is 0 Å². The van der Waals surface area contributed by atoms with E-state index < -0.39 is 15.9 Å². The van der Waals surface area contributed by atoms with Crippen molar-refractivity contribution in [1.29, 1.82) is 0 Å². The first-order valence-corrected chi connectivity index (χ1v) is 6.15. The summed E-state index contributed by atoms with van der Waals surface area (Å²) >= 11 is 11.1. The number of allylic oxidation sites excluding steroid dienone is 4. The molecule has 0 bridgehead atoms. The van der Waals surface area contributed by atoms with E-state index in [4.69, 9.17) is 23.2 Å². The van der Waals surface area contributed by atoms with Gasteiger partial charge in [-0.15, -0.1) is 0 Å². The lowest BCUT2D eigenvalue weighted by atomic mass is 9.78. The molecule has 1 aromatic rings. The van der Waals surface area contributed by atoms with Crippen LogP contribution in [0.2, 0.25) is 0 Å². The third-order valence-electron chi connectivity index (χ3n) is 2.99. The number of carbonyl (C=O) groups excluding carboxylic acids is 2. The van der Waals surface area contributed by atoms with Crippen LogP contribution in [-0.4, -0.2) is 10.5 Å². The summed E-state index contributed by atoms with van der Waals surface area (Å²) < 4.78 is 0. The third kappa shape index (κ3) is 2.26. The molecule has 1 aromatic carbocycles. The molecule has 0 N–H and O–H groups in total. The highest BCUT2D eigenvalue weighted by Gasteiger charge is 2.43. The zero-order valence-electron chi connectivity index (χ0n) is 9.40. The highest BCUT2D eigenvalue weighted by atomic mass is 35.5. The van der Waals surface area contributed by atoms with Crippen LogP contribution in [-0.2, 0) is 9.59 Å². The van der Waals surface area contributed by atoms with Gasteiger partial charge in [0.05, 0.1) is 0 Å². The summed E-state index contributed by atoms with van der Waals surface area (Å²) in [4.78, 5) is 23.0. The van der Waals surface area contributed by atoms with Crippen molar-refractivity contribution in [3.05, 3.63) is 54.1 Å². The van der Waals surface area contributed by atoms with Crippen molar-refractivity contribution in [2.24, 2.45) is 5.41 Å². The van der Waals surface area contributed by atoms with E-state index in [0.717, 1.165) is 11.1 Å². The van der Waals surface area contributed by atoms with Crippen molar-refractivity contribution in [3.63, 3.8) is 0 Å². The quantitative estimate of drug-likeness (QED) is 0.627. The fourth-order valence-electron chi connectivity index (χ4n) is 1.94. The van der Waals surface area contributed by atoms with Gasteiger partial charge in [-0.3, -0.25) is 9.59 Å². The Labute approximate surface area is 115 Å². The Morgan fingerprint density at radius 2 is 1.67 bits per heavy atom. The summed E-state index contributed by atoms with van der Waals surface area (Å²) in [5.41, 5.74) is 0.367. The minimum atomic E-state index is -1.44. The maximum absolute atomic E-state index is 11.5. The van der Waals surface area contributed by atoms with Crippen LogP contribution < -0.4 is 0 Å². The molecule has 0 radical (unpaired) electrons. The van der Waals surface area contributed by atoms with Crippen LogP contribution in [0.4, 0.5) is 0 Å². The van der Waals surface area contributed by atoms with Gasteiger partial charge >= 0.3 is 0 Å². The van der Waals surface area contributed by atoms with Crippen molar-refractivity contribution < 1.29 is 9.59 Å². The first kappa shape index (κ1) is 13.1. The second-order valence-electron chi connectivity index (χ2n) is 4.11. The molecule has 0 unspecified atom stereocenters. The van der Waals surface area contributed by atoms with Crippen molar-refractivity contribution in [3.8, 4) is 0 Å². The predicted octanol–water partition coefficient (Wildman–Crippen LogP) is 3.55. The third-order valence-corrected chi connectivity index (χ3v) is 3.67. The molecule has 0 atom stereocenters. The lowest BCUT2D eigenvalue weighted by Crippen LogP contribution is -2.33. The minimum absolute atomic E-state index is 0.193. The van der Waals surface area contributed by atoms with Crippen LogP contribution >= 0.6 is 23.2 Å². The Balaban J connectivity index is 2.40. The van der Waals surface area contributed by atoms with Gasteiger partial charge in [0, 0.05) is 0 Å². The molecule has 18 heavy (non-hydrogen) atoms. The van der Waals surface area contributed by atoms with Crippen LogP contribution in [0.3, 0.4) is 0 Å². The summed E-state index contributed by atoms with van der Waals surface area (Å²) in [6.07, 6.45) is 5.15. The SMILES string of the molecule is O=C(Cl)C1(C(=O)Cl)C=CC=C(c2ccccc2)C1. The molecule has 92 valence electrons. The summed E-state index contributed by atoms with van der Waals surface area (Å²) in [5.74, 6) is 0. The summed E-state index contributed by atoms with van der Waals surface area (Å²) in [7, 11) is 0. The summed E-state index contributed by atoms with van der Waals surface area (Å²) in [5, 5.41) is -1.50. The molecule has 0 saturated heterocycles. The van der Waals surface area contributed by atoms with Gasteiger partial charge in [0.2, 0.25) is 10.5 Å². The van der Waals surface area contributed by atoms with Gasteiger partial charge in [0.25, 0.3) is 0 Å². The molecule has 4 heteroatoms. The Morgan fingerprint density at radius 3 is 2.22 bits per heavy atom. The number of carbonyl (C=O) groups is 2. The van der Waals surface area contributed by atoms with Gasteiger partial charge in [-0.05, 0) is 40.8 Å². The standard InChI is InChI=1S/C14H10Cl2O2/c15-12(17)14(13(16)18)8-4-7-11(9-14)10-5-2-1-3-6-10/h1-8H,9H2. The molecule has 1 aliphatic rings. The second-order valence-corrected chi connectivity index (χ2v) is 4.80. The Bertz CT molecular complexity index is 530. The van der Waals surface area contributed by atoms with E-state index in [9.17, 15) is 9.59 Å². The van der Waals surface area contributed by atoms with Crippen molar-refractivity contribution in [2.75, 3.05) is 0 Å². The van der Waals surface area contributed by atoms with Crippen LogP contribution in [0.5, 0.6) is 0 Å². The average molecular weight is 281 g/mol. The number of halogens is 2. The lowest BCUT2D eigenvalue weighted by Gasteiger charge is -2.26. The summed E-state index contributed by atoms with van der Waals surface area (Å²) in [6.45, 7) is 0. The zero-order valence-corrected chi connectivity index (χ0v) is 10.9. The molecule has 0 fully saturated rings. The second kappa shape index (κ2) is 5.09. The molecule has 0 heterocycles. The highest BCUT2D eigenvalue weighted by Crippen LogP contribution is 2.39. The first-order valence-electron chi connectivity index (χ1n) is 5.40. The normalized spacial score (nSPS) is 17.1.